The van der Waals surface area contributed by atoms with Crippen LogP contribution in [-0.2, 0) is 4.79 Å². The molecule has 0 saturated heterocycles. The van der Waals surface area contributed by atoms with Crippen molar-refractivity contribution < 1.29 is 14.3 Å². The van der Waals surface area contributed by atoms with Gasteiger partial charge in [0.25, 0.3) is 0 Å². The molecule has 0 fully saturated rings. The molecule has 1 amide bonds. The highest BCUT2D eigenvalue weighted by Gasteiger charge is 2.03. The fourth-order valence-corrected chi connectivity index (χ4v) is 1.53. The van der Waals surface area contributed by atoms with Gasteiger partial charge in [-0.05, 0) is 36.8 Å². The van der Waals surface area contributed by atoms with Gasteiger partial charge in [0.1, 0.15) is 5.75 Å². The van der Waals surface area contributed by atoms with Gasteiger partial charge in [-0.15, -0.1) is 4.91 Å². The van der Waals surface area contributed by atoms with Gasteiger partial charge in [0.05, 0.1) is 6.61 Å². The van der Waals surface area contributed by atoms with Gasteiger partial charge in [-0.25, -0.2) is 0 Å². The molecule has 5 heteroatoms. The lowest BCUT2D eigenvalue weighted by molar-refractivity contribution is -0.113. The molecule has 0 N–H and O–H groups in total. The van der Waals surface area contributed by atoms with Crippen molar-refractivity contribution >= 4 is 11.7 Å². The Hall–Kier alpha value is -2.30. The Morgan fingerprint density at radius 2 is 1.85 bits per heavy atom. The van der Waals surface area contributed by atoms with Gasteiger partial charge in [0.15, 0.2) is 5.78 Å². The summed E-state index contributed by atoms with van der Waals surface area (Å²) < 4.78 is 5.52. The number of nitroso groups, excluding NO2 is 1. The summed E-state index contributed by atoms with van der Waals surface area (Å²) in [6.07, 6.45) is 5.14. The SMILES string of the molecule is CCCCCOc1ccc(C(=O)/C=C/C(=O)N=O)cc1. The predicted octanol–water partition coefficient (Wildman–Crippen LogP) is 3.29. The maximum Gasteiger partial charge on any atom is 0.309 e. The maximum atomic E-state index is 11.7. The van der Waals surface area contributed by atoms with Crippen LogP contribution in [0.1, 0.15) is 36.5 Å². The van der Waals surface area contributed by atoms with Crippen molar-refractivity contribution in [1.82, 2.24) is 0 Å². The standard InChI is InChI=1S/C15H17NO4/c1-2-3-4-11-20-13-7-5-12(6-8-13)14(17)9-10-15(18)16-19/h5-10H,2-4,11H2,1H3/b10-9+. The van der Waals surface area contributed by atoms with Gasteiger partial charge < -0.3 is 4.74 Å². The molecular formula is C15H17NO4. The lowest BCUT2D eigenvalue weighted by atomic mass is 10.1. The number of amides is 1. The molecule has 0 aliphatic carbocycles. The van der Waals surface area contributed by atoms with E-state index in [1.165, 1.54) is 0 Å². The summed E-state index contributed by atoms with van der Waals surface area (Å²) in [4.78, 5) is 32.2. The number of carbonyl (C=O) groups excluding carboxylic acids is 2. The third kappa shape index (κ3) is 5.56. The molecule has 0 spiro atoms. The van der Waals surface area contributed by atoms with E-state index in [-0.39, 0.29) is 5.78 Å². The molecule has 1 rings (SSSR count). The second-order valence-corrected chi connectivity index (χ2v) is 4.21. The van der Waals surface area contributed by atoms with Crippen molar-refractivity contribution in [2.45, 2.75) is 26.2 Å². The summed E-state index contributed by atoms with van der Waals surface area (Å²) in [5, 5.41) is 2.17. The van der Waals surface area contributed by atoms with Crippen LogP contribution in [0.4, 0.5) is 0 Å². The van der Waals surface area contributed by atoms with Crippen LogP contribution in [0.25, 0.3) is 0 Å². The van der Waals surface area contributed by atoms with Crippen molar-refractivity contribution in [3.63, 3.8) is 0 Å². The van der Waals surface area contributed by atoms with Gasteiger partial charge in [-0.3, -0.25) is 9.59 Å². The van der Waals surface area contributed by atoms with Crippen molar-refractivity contribution in [3.05, 3.63) is 46.9 Å². The zero-order chi connectivity index (χ0) is 14.8. The highest BCUT2D eigenvalue weighted by atomic mass is 16.5. The third-order valence-electron chi connectivity index (χ3n) is 2.62. The van der Waals surface area contributed by atoms with E-state index in [2.05, 4.69) is 12.1 Å². The van der Waals surface area contributed by atoms with Crippen LogP contribution in [0.5, 0.6) is 5.75 Å². The highest BCUT2D eigenvalue weighted by molar-refractivity contribution is 6.07. The molecule has 5 nitrogen and oxygen atoms in total. The summed E-state index contributed by atoms with van der Waals surface area (Å²) in [7, 11) is 0. The fraction of sp³-hybridized carbons (Fsp3) is 0.333. The molecule has 1 aromatic carbocycles. The molecule has 0 radical (unpaired) electrons. The number of ketones is 1. The average molecular weight is 275 g/mol. The van der Waals surface area contributed by atoms with Crippen LogP contribution < -0.4 is 4.74 Å². The molecule has 0 atom stereocenters. The van der Waals surface area contributed by atoms with E-state index >= 15 is 0 Å². The van der Waals surface area contributed by atoms with Crippen LogP contribution in [0.3, 0.4) is 0 Å². The quantitative estimate of drug-likeness (QED) is 0.316. The van der Waals surface area contributed by atoms with Crippen molar-refractivity contribution in [1.29, 1.82) is 0 Å². The zero-order valence-electron chi connectivity index (χ0n) is 11.4. The molecule has 106 valence electrons. The second kappa shape index (κ2) is 8.74. The number of nitrogens with zero attached hydrogens (tertiary/aromatic N) is 1. The number of allylic oxidation sites excluding steroid dienone is 1. The van der Waals surface area contributed by atoms with Crippen LogP contribution >= 0.6 is 0 Å². The smallest absolute Gasteiger partial charge is 0.309 e. The average Bonchev–Trinajstić information content (AvgIpc) is 2.49. The fourth-order valence-electron chi connectivity index (χ4n) is 1.53. The summed E-state index contributed by atoms with van der Waals surface area (Å²) in [5.41, 5.74) is 0.417. The van der Waals surface area contributed by atoms with Crippen LogP contribution in [0.2, 0.25) is 0 Å². The molecule has 0 aliphatic heterocycles. The number of unbranched alkanes of at least 4 members (excludes halogenated alkanes) is 2. The first-order valence-electron chi connectivity index (χ1n) is 6.50. The first kappa shape index (κ1) is 15.8. The van der Waals surface area contributed by atoms with E-state index in [4.69, 9.17) is 4.74 Å². The highest BCUT2D eigenvalue weighted by Crippen LogP contribution is 2.13. The summed E-state index contributed by atoms with van der Waals surface area (Å²) in [6.45, 7) is 2.78. The van der Waals surface area contributed by atoms with Gasteiger partial charge in [0, 0.05) is 16.8 Å². The van der Waals surface area contributed by atoms with E-state index < -0.39 is 5.91 Å². The minimum Gasteiger partial charge on any atom is -0.494 e. The first-order chi connectivity index (χ1) is 9.67. The molecule has 0 heterocycles. The monoisotopic (exact) mass is 275 g/mol. The summed E-state index contributed by atoms with van der Waals surface area (Å²) >= 11 is 0. The maximum absolute atomic E-state index is 11.7. The Bertz CT molecular complexity index is 491. The lowest BCUT2D eigenvalue weighted by Crippen LogP contribution is -1.99. The number of rotatable bonds is 8. The van der Waals surface area contributed by atoms with E-state index in [1.54, 1.807) is 24.3 Å². The van der Waals surface area contributed by atoms with Gasteiger partial charge in [-0.1, -0.05) is 19.8 Å². The van der Waals surface area contributed by atoms with Crippen molar-refractivity contribution in [3.8, 4) is 5.75 Å². The number of carbonyl (C=O) groups is 2. The van der Waals surface area contributed by atoms with Crippen LogP contribution in [0, 0.1) is 4.91 Å². The normalized spacial score (nSPS) is 10.4. The molecule has 0 aromatic heterocycles. The molecule has 0 saturated carbocycles. The molecule has 0 bridgehead atoms. The minimum atomic E-state index is -0.978. The largest absolute Gasteiger partial charge is 0.494 e. The van der Waals surface area contributed by atoms with Crippen LogP contribution in [0.15, 0.2) is 41.6 Å². The summed E-state index contributed by atoms with van der Waals surface area (Å²) in [5.74, 6) is -0.638. The van der Waals surface area contributed by atoms with Gasteiger partial charge >= 0.3 is 5.91 Å². The lowest BCUT2D eigenvalue weighted by Gasteiger charge is -2.05. The Morgan fingerprint density at radius 3 is 2.45 bits per heavy atom. The first-order valence-corrected chi connectivity index (χ1v) is 6.50. The second-order valence-electron chi connectivity index (χ2n) is 4.21. The Labute approximate surface area is 117 Å². The third-order valence-corrected chi connectivity index (χ3v) is 2.62. The topological polar surface area (TPSA) is 72.8 Å². The van der Waals surface area contributed by atoms with E-state index in [9.17, 15) is 14.5 Å². The number of benzene rings is 1. The Balaban J connectivity index is 2.53. The van der Waals surface area contributed by atoms with E-state index in [0.29, 0.717) is 17.9 Å². The number of ether oxygens (including phenoxy) is 1. The summed E-state index contributed by atoms with van der Waals surface area (Å²) in [6, 6.07) is 6.63. The molecule has 0 aliphatic rings. The minimum absolute atomic E-state index is 0.362. The molecule has 0 unspecified atom stereocenters. The van der Waals surface area contributed by atoms with Crippen molar-refractivity contribution in [2.24, 2.45) is 5.18 Å². The molecular weight excluding hydrogens is 258 g/mol. The number of hydrogen-bond acceptors (Lipinski definition) is 4. The van der Waals surface area contributed by atoms with Crippen molar-refractivity contribution in [2.75, 3.05) is 6.61 Å². The Morgan fingerprint density at radius 1 is 1.15 bits per heavy atom. The molecule has 1 aromatic rings. The van der Waals surface area contributed by atoms with Gasteiger partial charge in [0.2, 0.25) is 0 Å². The van der Waals surface area contributed by atoms with Crippen LogP contribution in [-0.4, -0.2) is 18.3 Å². The molecule has 20 heavy (non-hydrogen) atoms. The Kier molecular flexibility index (Phi) is 6.89. The zero-order valence-corrected chi connectivity index (χ0v) is 11.4. The van der Waals surface area contributed by atoms with E-state index in [1.807, 2.05) is 0 Å². The number of hydrogen-bond donors (Lipinski definition) is 0. The predicted molar refractivity (Wildman–Crippen MR) is 75.7 cm³/mol. The van der Waals surface area contributed by atoms with E-state index in [0.717, 1.165) is 31.4 Å². The van der Waals surface area contributed by atoms with Gasteiger partial charge in [-0.2, -0.15) is 0 Å².